The number of carbonyl (C=O) groups excluding carboxylic acids is 3. The van der Waals surface area contributed by atoms with Gasteiger partial charge in [-0.1, -0.05) is 6.07 Å². The van der Waals surface area contributed by atoms with Gasteiger partial charge < -0.3 is 15.1 Å². The van der Waals surface area contributed by atoms with E-state index in [0.717, 1.165) is 19.3 Å². The van der Waals surface area contributed by atoms with Crippen molar-refractivity contribution in [3.63, 3.8) is 0 Å². The monoisotopic (exact) mass is 394 g/mol. The topological polar surface area (TPSA) is 93.5 Å². The summed E-state index contributed by atoms with van der Waals surface area (Å²) in [5, 5.41) is 12.0. The van der Waals surface area contributed by atoms with Gasteiger partial charge in [0.2, 0.25) is 11.8 Å². The molecule has 1 aromatic rings. The first-order valence-corrected chi connectivity index (χ1v) is 10.3. The van der Waals surface area contributed by atoms with Gasteiger partial charge in [0.1, 0.15) is 0 Å². The van der Waals surface area contributed by atoms with Gasteiger partial charge in [-0.3, -0.25) is 14.4 Å². The molecule has 0 unspecified atom stereocenters. The molecule has 4 atom stereocenters. The molecule has 3 heterocycles. The molecule has 3 aliphatic heterocycles. The molecule has 29 heavy (non-hydrogen) atoms. The second-order valence-electron chi connectivity index (χ2n) is 8.42. The number of nitrogens with zero attached hydrogens (tertiary/aromatic N) is 3. The maximum atomic E-state index is 13.2. The lowest BCUT2D eigenvalue weighted by Crippen LogP contribution is -2.67. The molecular formula is C22H26N4O3. The Bertz CT molecular complexity index is 877. The van der Waals surface area contributed by atoms with Crippen molar-refractivity contribution in [3.05, 3.63) is 35.4 Å². The Balaban J connectivity index is 1.59. The van der Waals surface area contributed by atoms with Crippen molar-refractivity contribution in [2.75, 3.05) is 19.6 Å². The number of benzene rings is 1. The quantitative estimate of drug-likeness (QED) is 0.841. The molecule has 7 heteroatoms. The predicted molar refractivity (Wildman–Crippen MR) is 106 cm³/mol. The Labute approximate surface area is 170 Å². The van der Waals surface area contributed by atoms with Gasteiger partial charge in [-0.25, -0.2) is 0 Å². The van der Waals surface area contributed by atoms with E-state index in [9.17, 15) is 14.4 Å². The predicted octanol–water partition coefficient (Wildman–Crippen LogP) is 1.54. The molecule has 7 nitrogen and oxygen atoms in total. The third kappa shape index (κ3) is 3.71. The number of rotatable bonds is 3. The van der Waals surface area contributed by atoms with Crippen LogP contribution in [-0.4, -0.2) is 59.2 Å². The third-order valence-corrected chi connectivity index (χ3v) is 6.58. The molecule has 0 aliphatic carbocycles. The van der Waals surface area contributed by atoms with E-state index in [1.165, 1.54) is 6.92 Å². The maximum absolute atomic E-state index is 13.2. The van der Waals surface area contributed by atoms with E-state index >= 15 is 0 Å². The number of likely N-dealkylation sites (tertiary alicyclic amines) is 1. The summed E-state index contributed by atoms with van der Waals surface area (Å²) < 4.78 is 0. The highest BCUT2D eigenvalue weighted by atomic mass is 16.2. The minimum atomic E-state index is -0.106. The summed E-state index contributed by atoms with van der Waals surface area (Å²) in [4.78, 5) is 41.3. The van der Waals surface area contributed by atoms with E-state index < -0.39 is 0 Å². The van der Waals surface area contributed by atoms with E-state index in [2.05, 4.69) is 11.4 Å². The van der Waals surface area contributed by atoms with E-state index in [0.29, 0.717) is 37.2 Å². The van der Waals surface area contributed by atoms with E-state index in [4.69, 9.17) is 5.26 Å². The minimum absolute atomic E-state index is 0.0642. The molecule has 3 amide bonds. The summed E-state index contributed by atoms with van der Waals surface area (Å²) in [5.74, 6) is 0.403. The molecule has 4 rings (SSSR count). The van der Waals surface area contributed by atoms with Crippen LogP contribution in [0.25, 0.3) is 0 Å². The van der Waals surface area contributed by atoms with Crippen LogP contribution >= 0.6 is 0 Å². The van der Waals surface area contributed by atoms with Crippen LogP contribution in [0, 0.1) is 23.2 Å². The average Bonchev–Trinajstić information content (AvgIpc) is 2.73. The molecule has 2 bridgehead atoms. The van der Waals surface area contributed by atoms with Crippen LogP contribution < -0.4 is 5.32 Å². The second-order valence-corrected chi connectivity index (χ2v) is 8.42. The molecule has 0 aromatic heterocycles. The molecule has 1 aromatic carbocycles. The number of hydrogen-bond acceptors (Lipinski definition) is 4. The molecule has 0 saturated carbocycles. The van der Waals surface area contributed by atoms with Crippen molar-refractivity contribution in [2.24, 2.45) is 11.8 Å². The van der Waals surface area contributed by atoms with E-state index in [1.54, 1.807) is 24.3 Å². The molecule has 3 saturated heterocycles. The molecule has 3 aliphatic rings. The molecule has 0 spiro atoms. The van der Waals surface area contributed by atoms with Gasteiger partial charge in [0.05, 0.1) is 17.7 Å². The SMILES string of the molecule is CC(=O)NC[C@H]1[C@H]2C[C@H](CN(C(=O)c3cccc(C#N)c3)C2)[C@@H]2CCCC(=O)N21. The lowest BCUT2D eigenvalue weighted by molar-refractivity contribution is -0.151. The third-order valence-electron chi connectivity index (χ3n) is 6.58. The summed E-state index contributed by atoms with van der Waals surface area (Å²) in [6.07, 6.45) is 3.37. The Morgan fingerprint density at radius 3 is 2.83 bits per heavy atom. The van der Waals surface area contributed by atoms with Gasteiger partial charge in [0.25, 0.3) is 5.91 Å². The number of hydrogen-bond donors (Lipinski definition) is 1. The van der Waals surface area contributed by atoms with Gasteiger partial charge in [0.15, 0.2) is 0 Å². The van der Waals surface area contributed by atoms with Crippen LogP contribution in [0.2, 0.25) is 0 Å². The molecule has 3 fully saturated rings. The zero-order valence-electron chi connectivity index (χ0n) is 16.6. The zero-order valence-corrected chi connectivity index (χ0v) is 16.6. The standard InChI is InChI=1S/C22H26N4O3/c1-14(27)24-11-20-18-9-17(19-6-3-7-21(28)26(19)20)12-25(13-18)22(29)16-5-2-4-15(8-16)10-23/h2,4-5,8,17-20H,3,6-7,9,11-13H2,1H3,(H,24,27)/t17-,18+,19+,20+/m1/s1. The van der Waals surface area contributed by atoms with Crippen LogP contribution in [0.15, 0.2) is 24.3 Å². The van der Waals surface area contributed by atoms with Crippen molar-refractivity contribution in [1.82, 2.24) is 15.1 Å². The van der Waals surface area contributed by atoms with E-state index in [1.807, 2.05) is 9.80 Å². The lowest BCUT2D eigenvalue weighted by atomic mass is 9.72. The fourth-order valence-electron chi connectivity index (χ4n) is 5.36. The number of nitrogens with one attached hydrogen (secondary N) is 1. The highest BCUT2D eigenvalue weighted by Gasteiger charge is 2.50. The largest absolute Gasteiger partial charge is 0.354 e. The molecule has 0 radical (unpaired) electrons. The highest BCUT2D eigenvalue weighted by Crippen LogP contribution is 2.41. The number of nitriles is 1. The smallest absolute Gasteiger partial charge is 0.253 e. The second kappa shape index (κ2) is 7.86. The molecule has 1 N–H and O–H groups in total. The number of carbonyl (C=O) groups is 3. The van der Waals surface area contributed by atoms with Crippen molar-refractivity contribution in [2.45, 2.75) is 44.7 Å². The highest BCUT2D eigenvalue weighted by molar-refractivity contribution is 5.94. The first-order chi connectivity index (χ1) is 14.0. The zero-order chi connectivity index (χ0) is 20.5. The van der Waals surface area contributed by atoms with E-state index in [-0.39, 0.29) is 41.6 Å². The maximum Gasteiger partial charge on any atom is 0.253 e. The Hall–Kier alpha value is -2.88. The van der Waals surface area contributed by atoms with Gasteiger partial charge in [-0.05, 0) is 49.3 Å². The summed E-state index contributed by atoms with van der Waals surface area (Å²) in [5.41, 5.74) is 1.000. The van der Waals surface area contributed by atoms with Crippen molar-refractivity contribution < 1.29 is 14.4 Å². The van der Waals surface area contributed by atoms with Crippen LogP contribution in [0.1, 0.15) is 48.5 Å². The van der Waals surface area contributed by atoms with Gasteiger partial charge >= 0.3 is 0 Å². The Morgan fingerprint density at radius 1 is 1.28 bits per heavy atom. The first-order valence-electron chi connectivity index (χ1n) is 10.3. The first kappa shape index (κ1) is 19.4. The fraction of sp³-hybridized carbons (Fsp3) is 0.545. The summed E-state index contributed by atoms with van der Waals surface area (Å²) in [6.45, 7) is 3.11. The molecule has 152 valence electrons. The van der Waals surface area contributed by atoms with Gasteiger partial charge in [-0.15, -0.1) is 0 Å². The summed E-state index contributed by atoms with van der Waals surface area (Å²) in [7, 11) is 0. The normalized spacial score (nSPS) is 28.3. The average molecular weight is 394 g/mol. The van der Waals surface area contributed by atoms with Gasteiger partial charge in [-0.2, -0.15) is 5.26 Å². The summed E-state index contributed by atoms with van der Waals surface area (Å²) >= 11 is 0. The number of amides is 3. The van der Waals surface area contributed by atoms with Crippen LogP contribution in [0.3, 0.4) is 0 Å². The lowest BCUT2D eigenvalue weighted by Gasteiger charge is -2.56. The molecular weight excluding hydrogens is 368 g/mol. The Kier molecular flexibility index (Phi) is 5.27. The summed E-state index contributed by atoms with van der Waals surface area (Å²) in [6, 6.07) is 8.95. The van der Waals surface area contributed by atoms with Crippen LogP contribution in [0.5, 0.6) is 0 Å². The number of fused-ring (bicyclic) bond motifs is 4. The van der Waals surface area contributed by atoms with Gasteiger partial charge in [0, 0.05) is 44.6 Å². The van der Waals surface area contributed by atoms with Crippen LogP contribution in [0.4, 0.5) is 0 Å². The van der Waals surface area contributed by atoms with Crippen LogP contribution in [-0.2, 0) is 9.59 Å². The minimum Gasteiger partial charge on any atom is -0.354 e. The van der Waals surface area contributed by atoms with Crippen molar-refractivity contribution >= 4 is 17.7 Å². The van der Waals surface area contributed by atoms with Crippen molar-refractivity contribution in [1.29, 1.82) is 5.26 Å². The fourth-order valence-corrected chi connectivity index (χ4v) is 5.36. The van der Waals surface area contributed by atoms with Crippen molar-refractivity contribution in [3.8, 4) is 6.07 Å². The number of piperidine rings is 3. The Morgan fingerprint density at radius 2 is 2.07 bits per heavy atom.